The van der Waals surface area contributed by atoms with Crippen LogP contribution in [0.2, 0.25) is 10.0 Å². The zero-order valence-corrected chi connectivity index (χ0v) is 26.8. The van der Waals surface area contributed by atoms with Gasteiger partial charge in [-0.2, -0.15) is 5.10 Å². The maximum Gasteiger partial charge on any atom is 0.264 e. The van der Waals surface area contributed by atoms with Crippen molar-refractivity contribution < 1.29 is 27.1 Å². The lowest BCUT2D eigenvalue weighted by Crippen LogP contribution is -2.39. The topological polar surface area (TPSA) is 97.3 Å². The number of ether oxygens (including phenoxy) is 2. The van der Waals surface area contributed by atoms with Gasteiger partial charge < -0.3 is 9.47 Å². The number of amides is 1. The molecule has 0 atom stereocenters. The number of hydrazone groups is 1. The second kappa shape index (κ2) is 14.2. The number of sulfonamides is 1. The minimum Gasteiger partial charge on any atom is -0.493 e. The van der Waals surface area contributed by atoms with Crippen molar-refractivity contribution in [3.05, 3.63) is 116 Å². The highest BCUT2D eigenvalue weighted by Gasteiger charge is 2.27. The van der Waals surface area contributed by atoms with Crippen LogP contribution in [0.5, 0.6) is 11.5 Å². The minimum absolute atomic E-state index is 0.0165. The molecule has 0 spiro atoms. The highest BCUT2D eigenvalue weighted by atomic mass is 79.9. The van der Waals surface area contributed by atoms with Crippen LogP contribution in [0, 0.1) is 12.7 Å². The standard InChI is InChI=1S/C30H25BrCl2FN3O5S/c1-19-3-10-24(11-4-19)43(39,40)37(23-8-6-22(34)7-9-23)17-29(38)36-35-16-21-13-25(31)30(28(15-21)41-2)42-18-20-5-12-26(32)27(33)14-20/h3-16H,17-18H2,1-2H3,(H,36,38). The Morgan fingerprint density at radius 2 is 1.72 bits per heavy atom. The molecule has 0 aromatic heterocycles. The Balaban J connectivity index is 1.48. The van der Waals surface area contributed by atoms with Gasteiger partial charge in [0.15, 0.2) is 11.5 Å². The smallest absolute Gasteiger partial charge is 0.264 e. The molecule has 8 nitrogen and oxygen atoms in total. The number of rotatable bonds is 11. The van der Waals surface area contributed by atoms with Gasteiger partial charge in [0.05, 0.1) is 38.4 Å². The summed E-state index contributed by atoms with van der Waals surface area (Å²) >= 11 is 15.5. The van der Waals surface area contributed by atoms with E-state index in [9.17, 15) is 17.6 Å². The average molecular weight is 709 g/mol. The quantitative estimate of drug-likeness (QED) is 0.132. The van der Waals surface area contributed by atoms with Gasteiger partial charge in [-0.3, -0.25) is 9.10 Å². The van der Waals surface area contributed by atoms with Crippen molar-refractivity contribution >= 4 is 67.0 Å². The van der Waals surface area contributed by atoms with E-state index in [-0.39, 0.29) is 17.2 Å². The third kappa shape index (κ3) is 8.26. The molecule has 4 aromatic carbocycles. The van der Waals surface area contributed by atoms with Gasteiger partial charge in [0.1, 0.15) is 19.0 Å². The number of carbonyl (C=O) groups is 1. The number of nitrogens with one attached hydrogen (secondary N) is 1. The van der Waals surface area contributed by atoms with Crippen molar-refractivity contribution in [1.29, 1.82) is 0 Å². The lowest BCUT2D eigenvalue weighted by molar-refractivity contribution is -0.119. The van der Waals surface area contributed by atoms with Crippen LogP contribution in [-0.4, -0.2) is 34.2 Å². The fraction of sp³-hybridized carbons (Fsp3) is 0.133. The van der Waals surface area contributed by atoms with E-state index in [1.807, 2.05) is 6.92 Å². The number of aryl methyl sites for hydroxylation is 1. The molecule has 0 fully saturated rings. The number of nitrogens with zero attached hydrogens (tertiary/aromatic N) is 2. The van der Waals surface area contributed by atoms with Crippen LogP contribution in [0.25, 0.3) is 0 Å². The van der Waals surface area contributed by atoms with Crippen molar-refractivity contribution in [1.82, 2.24) is 5.43 Å². The molecule has 0 bridgehead atoms. The summed E-state index contributed by atoms with van der Waals surface area (Å²) < 4.78 is 53.3. The molecule has 0 heterocycles. The molecule has 0 unspecified atom stereocenters. The van der Waals surface area contributed by atoms with E-state index in [2.05, 4.69) is 26.5 Å². The SMILES string of the molecule is COc1cc(C=NNC(=O)CN(c2ccc(F)cc2)S(=O)(=O)c2ccc(C)cc2)cc(Br)c1OCc1ccc(Cl)c(Cl)c1. The molecule has 0 saturated carbocycles. The summed E-state index contributed by atoms with van der Waals surface area (Å²) in [5, 5.41) is 4.83. The maximum absolute atomic E-state index is 13.6. The number of hydrogen-bond donors (Lipinski definition) is 1. The van der Waals surface area contributed by atoms with Crippen molar-refractivity contribution in [3.8, 4) is 11.5 Å². The summed E-state index contributed by atoms with van der Waals surface area (Å²) in [5.74, 6) is -0.429. The first-order valence-corrected chi connectivity index (χ1v) is 15.6. The number of halogens is 4. The lowest BCUT2D eigenvalue weighted by atomic mass is 10.2. The summed E-state index contributed by atoms with van der Waals surface area (Å²) in [6.45, 7) is 1.42. The molecule has 1 N–H and O–H groups in total. The fourth-order valence-electron chi connectivity index (χ4n) is 3.84. The second-order valence-corrected chi connectivity index (χ2v) is 12.7. The summed E-state index contributed by atoms with van der Waals surface area (Å²) in [4.78, 5) is 12.8. The average Bonchev–Trinajstić information content (AvgIpc) is 2.97. The summed E-state index contributed by atoms with van der Waals surface area (Å²) in [7, 11) is -2.68. The van der Waals surface area contributed by atoms with E-state index in [1.165, 1.54) is 37.6 Å². The molecule has 0 aliphatic carbocycles. The van der Waals surface area contributed by atoms with Crippen LogP contribution in [-0.2, 0) is 21.4 Å². The van der Waals surface area contributed by atoms with Gasteiger partial charge in [-0.1, -0.05) is 47.0 Å². The number of methoxy groups -OCH3 is 1. The van der Waals surface area contributed by atoms with Gasteiger partial charge in [-0.15, -0.1) is 0 Å². The van der Waals surface area contributed by atoms with Crippen molar-refractivity contribution in [2.45, 2.75) is 18.4 Å². The first kappa shape index (κ1) is 32.3. The Morgan fingerprint density at radius 1 is 1.02 bits per heavy atom. The van der Waals surface area contributed by atoms with Crippen LogP contribution >= 0.6 is 39.1 Å². The zero-order chi connectivity index (χ0) is 31.1. The summed E-state index contributed by atoms with van der Waals surface area (Å²) in [6, 6.07) is 19.5. The molecule has 0 radical (unpaired) electrons. The van der Waals surface area contributed by atoms with Crippen molar-refractivity contribution in [2.24, 2.45) is 5.10 Å². The molecule has 0 aliphatic heterocycles. The molecule has 1 amide bonds. The number of anilines is 1. The van der Waals surface area contributed by atoms with E-state index in [1.54, 1.807) is 42.5 Å². The fourth-order valence-corrected chi connectivity index (χ4v) is 6.16. The molecule has 224 valence electrons. The molecular formula is C30H25BrCl2FN3O5S. The van der Waals surface area contributed by atoms with Crippen LogP contribution in [0.3, 0.4) is 0 Å². The highest BCUT2D eigenvalue weighted by molar-refractivity contribution is 9.10. The number of hydrogen-bond acceptors (Lipinski definition) is 6. The monoisotopic (exact) mass is 707 g/mol. The normalized spacial score (nSPS) is 11.4. The number of benzene rings is 4. The predicted octanol–water partition coefficient (Wildman–Crippen LogP) is 7.14. The summed E-state index contributed by atoms with van der Waals surface area (Å²) in [5.41, 5.74) is 4.68. The lowest BCUT2D eigenvalue weighted by Gasteiger charge is -2.23. The predicted molar refractivity (Wildman–Crippen MR) is 169 cm³/mol. The third-order valence-electron chi connectivity index (χ3n) is 6.03. The number of carbonyl (C=O) groups excluding carboxylic acids is 1. The Hall–Kier alpha value is -3.64. The van der Waals surface area contributed by atoms with Gasteiger partial charge in [0.25, 0.3) is 15.9 Å². The first-order valence-electron chi connectivity index (χ1n) is 12.6. The molecule has 0 saturated heterocycles. The van der Waals surface area contributed by atoms with Crippen molar-refractivity contribution in [2.75, 3.05) is 18.0 Å². The van der Waals surface area contributed by atoms with Gasteiger partial charge in [-0.25, -0.2) is 18.2 Å². The van der Waals surface area contributed by atoms with E-state index in [0.29, 0.717) is 31.6 Å². The largest absolute Gasteiger partial charge is 0.493 e. The molecule has 4 aromatic rings. The van der Waals surface area contributed by atoms with Gasteiger partial charge in [0.2, 0.25) is 0 Å². The van der Waals surface area contributed by atoms with Crippen LogP contribution in [0.15, 0.2) is 93.3 Å². The first-order chi connectivity index (χ1) is 20.5. The van der Waals surface area contributed by atoms with Crippen LogP contribution in [0.1, 0.15) is 16.7 Å². The molecule has 0 aliphatic rings. The Labute approximate surface area is 267 Å². The van der Waals surface area contributed by atoms with E-state index < -0.39 is 28.3 Å². The van der Waals surface area contributed by atoms with Crippen molar-refractivity contribution in [3.63, 3.8) is 0 Å². The Kier molecular flexibility index (Phi) is 10.7. The third-order valence-corrected chi connectivity index (χ3v) is 9.15. The molecule has 4 rings (SSSR count). The maximum atomic E-state index is 13.6. The van der Waals surface area contributed by atoms with E-state index in [0.717, 1.165) is 27.6 Å². The molecule has 43 heavy (non-hydrogen) atoms. The van der Waals surface area contributed by atoms with Gasteiger partial charge in [0, 0.05) is 0 Å². The van der Waals surface area contributed by atoms with Gasteiger partial charge >= 0.3 is 0 Å². The van der Waals surface area contributed by atoms with Crippen LogP contribution in [0.4, 0.5) is 10.1 Å². The highest BCUT2D eigenvalue weighted by Crippen LogP contribution is 2.37. The Bertz CT molecular complexity index is 1760. The van der Waals surface area contributed by atoms with E-state index in [4.69, 9.17) is 32.7 Å². The Morgan fingerprint density at radius 3 is 2.37 bits per heavy atom. The van der Waals surface area contributed by atoms with Crippen LogP contribution < -0.4 is 19.2 Å². The molecular weight excluding hydrogens is 684 g/mol. The summed E-state index contributed by atoms with van der Waals surface area (Å²) in [6.07, 6.45) is 1.37. The molecule has 13 heteroatoms. The van der Waals surface area contributed by atoms with E-state index >= 15 is 0 Å². The van der Waals surface area contributed by atoms with Gasteiger partial charge in [-0.05, 0) is 94.6 Å². The second-order valence-electron chi connectivity index (χ2n) is 9.17. The zero-order valence-electron chi connectivity index (χ0n) is 22.9. The minimum atomic E-state index is -4.16.